The predicted octanol–water partition coefficient (Wildman–Crippen LogP) is 4.00. The molecule has 0 bridgehead atoms. The van der Waals surface area contributed by atoms with E-state index in [2.05, 4.69) is 33.4 Å². The number of hydrogen-bond acceptors (Lipinski definition) is 4. The van der Waals surface area contributed by atoms with Gasteiger partial charge in [-0.2, -0.15) is 0 Å². The van der Waals surface area contributed by atoms with Crippen molar-refractivity contribution in [2.24, 2.45) is 5.92 Å². The number of carbonyl (C=O) groups excluding carboxylic acids is 1. The van der Waals surface area contributed by atoms with E-state index in [0.29, 0.717) is 18.4 Å². The van der Waals surface area contributed by atoms with Crippen LogP contribution in [0.3, 0.4) is 0 Å². The number of aryl methyl sites for hydroxylation is 1. The summed E-state index contributed by atoms with van der Waals surface area (Å²) < 4.78 is 1.26. The highest BCUT2D eigenvalue weighted by Crippen LogP contribution is 2.28. The molecule has 2 fully saturated rings. The van der Waals surface area contributed by atoms with Gasteiger partial charge in [-0.05, 0) is 69.5 Å². The summed E-state index contributed by atoms with van der Waals surface area (Å²) in [6, 6.07) is 8.92. The second-order valence-corrected chi connectivity index (χ2v) is 8.90. The van der Waals surface area contributed by atoms with Gasteiger partial charge < -0.3 is 10.2 Å². The van der Waals surface area contributed by atoms with Gasteiger partial charge in [-0.25, -0.2) is 4.98 Å². The SMILES string of the molecule is O=C(CCCCc1nc2ccccc2s1)N1CCC(NCC2CC2)CC1. The zero-order valence-electron chi connectivity index (χ0n) is 15.5. The molecular weight excluding hydrogens is 342 g/mol. The molecule has 2 heterocycles. The van der Waals surface area contributed by atoms with Gasteiger partial charge in [-0.3, -0.25) is 4.79 Å². The maximum atomic E-state index is 12.4. The van der Waals surface area contributed by atoms with Crippen LogP contribution in [0, 0.1) is 5.92 Å². The summed E-state index contributed by atoms with van der Waals surface area (Å²) in [7, 11) is 0. The third kappa shape index (κ3) is 4.83. The van der Waals surface area contributed by atoms with Crippen LogP contribution in [0.5, 0.6) is 0 Å². The van der Waals surface area contributed by atoms with Crippen LogP contribution in [0.15, 0.2) is 24.3 Å². The molecule has 0 radical (unpaired) electrons. The highest BCUT2D eigenvalue weighted by Gasteiger charge is 2.25. The van der Waals surface area contributed by atoms with Crippen molar-refractivity contribution in [1.29, 1.82) is 0 Å². The quantitative estimate of drug-likeness (QED) is 0.714. The Balaban J connectivity index is 1.13. The number of nitrogens with zero attached hydrogens (tertiary/aromatic N) is 2. The Morgan fingerprint density at radius 3 is 2.73 bits per heavy atom. The van der Waals surface area contributed by atoms with Crippen molar-refractivity contribution < 1.29 is 4.79 Å². The standard InChI is InChI=1S/C21H29N3OS/c25-21(24-13-11-17(12-14-24)22-15-16-9-10-16)8-4-3-7-20-23-18-5-1-2-6-19(18)26-20/h1-2,5-6,16-17,22H,3-4,7-15H2. The van der Waals surface area contributed by atoms with E-state index in [-0.39, 0.29) is 0 Å². The van der Waals surface area contributed by atoms with Crippen LogP contribution in [0.4, 0.5) is 0 Å². The van der Waals surface area contributed by atoms with Crippen LogP contribution in [-0.4, -0.2) is 41.5 Å². The molecular formula is C21H29N3OS. The van der Waals surface area contributed by atoms with Gasteiger partial charge in [0.2, 0.25) is 5.91 Å². The number of para-hydroxylation sites is 1. The molecule has 2 aromatic rings. The number of benzene rings is 1. The first-order valence-corrected chi connectivity index (χ1v) is 11.0. The normalized spacial score (nSPS) is 18.5. The maximum absolute atomic E-state index is 12.4. The fraction of sp³-hybridized carbons (Fsp3) is 0.619. The van der Waals surface area contributed by atoms with Gasteiger partial charge in [0.1, 0.15) is 0 Å². The Hall–Kier alpha value is -1.46. The van der Waals surface area contributed by atoms with Crippen LogP contribution in [0.2, 0.25) is 0 Å². The number of nitrogens with one attached hydrogen (secondary N) is 1. The average Bonchev–Trinajstić information content (AvgIpc) is 3.41. The Labute approximate surface area is 160 Å². The van der Waals surface area contributed by atoms with Gasteiger partial charge in [0.05, 0.1) is 15.2 Å². The molecule has 0 unspecified atom stereocenters. The average molecular weight is 372 g/mol. The van der Waals surface area contributed by atoms with Crippen molar-refractivity contribution in [2.45, 2.75) is 57.4 Å². The number of unbranched alkanes of at least 4 members (excludes halogenated alkanes) is 1. The first kappa shape index (κ1) is 17.9. The van der Waals surface area contributed by atoms with Crippen molar-refractivity contribution in [3.8, 4) is 0 Å². The van der Waals surface area contributed by atoms with E-state index >= 15 is 0 Å². The summed E-state index contributed by atoms with van der Waals surface area (Å²) in [6.07, 6.45) is 8.72. The minimum Gasteiger partial charge on any atom is -0.343 e. The summed E-state index contributed by atoms with van der Waals surface area (Å²) in [5, 5.41) is 4.88. The molecule has 1 saturated carbocycles. The number of thiazole rings is 1. The number of aromatic nitrogens is 1. The molecule has 1 saturated heterocycles. The second-order valence-electron chi connectivity index (χ2n) is 7.79. The number of piperidine rings is 1. The summed E-state index contributed by atoms with van der Waals surface area (Å²) >= 11 is 1.78. The fourth-order valence-electron chi connectivity index (χ4n) is 3.73. The lowest BCUT2D eigenvalue weighted by Gasteiger charge is -2.32. The zero-order valence-corrected chi connectivity index (χ0v) is 16.3. The summed E-state index contributed by atoms with van der Waals surface area (Å²) in [5.74, 6) is 1.28. The van der Waals surface area contributed by atoms with Gasteiger partial charge >= 0.3 is 0 Å². The Morgan fingerprint density at radius 1 is 1.15 bits per heavy atom. The maximum Gasteiger partial charge on any atom is 0.222 e. The summed E-state index contributed by atoms with van der Waals surface area (Å²) in [4.78, 5) is 19.2. The number of fused-ring (bicyclic) bond motifs is 1. The molecule has 1 amide bonds. The zero-order chi connectivity index (χ0) is 17.8. The largest absolute Gasteiger partial charge is 0.343 e. The van der Waals surface area contributed by atoms with Gasteiger partial charge in [0, 0.05) is 25.6 Å². The molecule has 1 aromatic carbocycles. The predicted molar refractivity (Wildman–Crippen MR) is 108 cm³/mol. The van der Waals surface area contributed by atoms with Crippen LogP contribution in [-0.2, 0) is 11.2 Å². The van der Waals surface area contributed by atoms with Crippen molar-refractivity contribution in [3.63, 3.8) is 0 Å². The molecule has 140 valence electrons. The first-order chi connectivity index (χ1) is 12.8. The van der Waals surface area contributed by atoms with Crippen LogP contribution in [0.25, 0.3) is 10.2 Å². The van der Waals surface area contributed by atoms with Crippen molar-refractivity contribution >= 4 is 27.5 Å². The van der Waals surface area contributed by atoms with Crippen LogP contribution < -0.4 is 5.32 Å². The number of rotatable bonds is 8. The van der Waals surface area contributed by atoms with Gasteiger partial charge in [-0.15, -0.1) is 11.3 Å². The molecule has 5 heteroatoms. The fourth-order valence-corrected chi connectivity index (χ4v) is 4.73. The third-order valence-corrected chi connectivity index (χ3v) is 6.71. The van der Waals surface area contributed by atoms with Crippen molar-refractivity contribution in [1.82, 2.24) is 15.2 Å². The van der Waals surface area contributed by atoms with E-state index in [0.717, 1.165) is 56.6 Å². The molecule has 4 rings (SSSR count). The topological polar surface area (TPSA) is 45.2 Å². The second kappa shape index (κ2) is 8.49. The Morgan fingerprint density at radius 2 is 1.96 bits per heavy atom. The van der Waals surface area contributed by atoms with E-state index in [1.54, 1.807) is 11.3 Å². The molecule has 1 aromatic heterocycles. The molecule has 26 heavy (non-hydrogen) atoms. The lowest BCUT2D eigenvalue weighted by atomic mass is 10.0. The van der Waals surface area contributed by atoms with E-state index in [4.69, 9.17) is 0 Å². The third-order valence-electron chi connectivity index (χ3n) is 5.61. The van der Waals surface area contributed by atoms with Crippen molar-refractivity contribution in [2.75, 3.05) is 19.6 Å². The van der Waals surface area contributed by atoms with E-state index in [1.807, 2.05) is 6.07 Å². The molecule has 2 aliphatic rings. The van der Waals surface area contributed by atoms with Crippen molar-refractivity contribution in [3.05, 3.63) is 29.3 Å². The minimum absolute atomic E-state index is 0.343. The highest BCUT2D eigenvalue weighted by molar-refractivity contribution is 7.18. The van der Waals surface area contributed by atoms with Crippen LogP contribution in [0.1, 0.15) is 50.0 Å². The van der Waals surface area contributed by atoms with Gasteiger partial charge in [-0.1, -0.05) is 12.1 Å². The molecule has 0 spiro atoms. The monoisotopic (exact) mass is 371 g/mol. The molecule has 4 nitrogen and oxygen atoms in total. The number of likely N-dealkylation sites (tertiary alicyclic amines) is 1. The number of amides is 1. The number of carbonyl (C=O) groups is 1. The lowest BCUT2D eigenvalue weighted by molar-refractivity contribution is -0.132. The Kier molecular flexibility index (Phi) is 5.85. The Bertz CT molecular complexity index is 699. The highest BCUT2D eigenvalue weighted by atomic mass is 32.1. The van der Waals surface area contributed by atoms with E-state index in [1.165, 1.54) is 29.1 Å². The summed E-state index contributed by atoms with van der Waals surface area (Å²) in [6.45, 7) is 3.04. The minimum atomic E-state index is 0.343. The lowest BCUT2D eigenvalue weighted by Crippen LogP contribution is -2.45. The molecule has 1 N–H and O–H groups in total. The smallest absolute Gasteiger partial charge is 0.222 e. The van der Waals surface area contributed by atoms with Gasteiger partial charge in [0.25, 0.3) is 0 Å². The first-order valence-electron chi connectivity index (χ1n) is 10.1. The summed E-state index contributed by atoms with van der Waals surface area (Å²) in [5.41, 5.74) is 1.10. The van der Waals surface area contributed by atoms with E-state index < -0.39 is 0 Å². The van der Waals surface area contributed by atoms with E-state index in [9.17, 15) is 4.79 Å². The van der Waals surface area contributed by atoms with Crippen LogP contribution >= 0.6 is 11.3 Å². The molecule has 0 atom stereocenters. The number of hydrogen-bond donors (Lipinski definition) is 1. The van der Waals surface area contributed by atoms with Gasteiger partial charge in [0.15, 0.2) is 0 Å². The molecule has 1 aliphatic heterocycles. The molecule has 1 aliphatic carbocycles.